The number of hydrogen-bond acceptors (Lipinski definition) is 5. The van der Waals surface area contributed by atoms with E-state index < -0.39 is 17.9 Å². The molecule has 0 aliphatic heterocycles. The summed E-state index contributed by atoms with van der Waals surface area (Å²) < 4.78 is 5.10. The predicted molar refractivity (Wildman–Crippen MR) is 87.9 cm³/mol. The van der Waals surface area contributed by atoms with Crippen molar-refractivity contribution in [3.63, 3.8) is 0 Å². The van der Waals surface area contributed by atoms with E-state index in [2.05, 4.69) is 10.3 Å². The van der Waals surface area contributed by atoms with Crippen LogP contribution in [0.15, 0.2) is 29.6 Å². The van der Waals surface area contributed by atoms with Crippen molar-refractivity contribution in [3.8, 4) is 16.3 Å². The van der Waals surface area contributed by atoms with Crippen molar-refractivity contribution in [2.75, 3.05) is 7.11 Å². The van der Waals surface area contributed by atoms with Crippen LogP contribution in [0.25, 0.3) is 10.6 Å². The number of carboxylic acids is 1. The second-order valence-electron chi connectivity index (χ2n) is 4.92. The highest BCUT2D eigenvalue weighted by Gasteiger charge is 2.21. The smallest absolute Gasteiger partial charge is 0.326 e. The zero-order chi connectivity index (χ0) is 16.8. The number of ether oxygens (including phenoxy) is 1. The molecule has 23 heavy (non-hydrogen) atoms. The van der Waals surface area contributed by atoms with E-state index in [4.69, 9.17) is 9.84 Å². The molecule has 0 spiro atoms. The van der Waals surface area contributed by atoms with Gasteiger partial charge in [-0.05, 0) is 30.7 Å². The fraction of sp³-hybridized carbons (Fsp3) is 0.312. The second kappa shape index (κ2) is 7.73. The number of hydrogen-bond donors (Lipinski definition) is 2. The lowest BCUT2D eigenvalue weighted by atomic mass is 10.1. The van der Waals surface area contributed by atoms with Crippen LogP contribution in [0.4, 0.5) is 0 Å². The molecule has 0 saturated heterocycles. The molecule has 1 aromatic heterocycles. The van der Waals surface area contributed by atoms with E-state index >= 15 is 0 Å². The molecule has 1 atom stereocenters. The molecule has 0 radical (unpaired) electrons. The van der Waals surface area contributed by atoms with Crippen molar-refractivity contribution in [3.05, 3.63) is 35.3 Å². The van der Waals surface area contributed by atoms with Gasteiger partial charge in [-0.1, -0.05) is 13.3 Å². The average Bonchev–Trinajstić information content (AvgIpc) is 3.04. The lowest BCUT2D eigenvalue weighted by Crippen LogP contribution is -2.40. The molecule has 0 aliphatic rings. The zero-order valence-corrected chi connectivity index (χ0v) is 13.7. The Morgan fingerprint density at radius 3 is 2.61 bits per heavy atom. The summed E-state index contributed by atoms with van der Waals surface area (Å²) in [6.07, 6.45) is 1.06. The molecule has 2 aromatic rings. The first-order valence-corrected chi connectivity index (χ1v) is 8.06. The summed E-state index contributed by atoms with van der Waals surface area (Å²) in [5.74, 6) is -0.764. The van der Waals surface area contributed by atoms with Gasteiger partial charge >= 0.3 is 5.97 Å². The van der Waals surface area contributed by atoms with Gasteiger partial charge in [0.1, 0.15) is 22.5 Å². The first-order chi connectivity index (χ1) is 11.0. The Labute approximate surface area is 138 Å². The molecule has 2 N–H and O–H groups in total. The Morgan fingerprint density at radius 1 is 1.35 bits per heavy atom. The molecule has 1 aromatic carbocycles. The van der Waals surface area contributed by atoms with Gasteiger partial charge in [-0.2, -0.15) is 0 Å². The van der Waals surface area contributed by atoms with Gasteiger partial charge in [0.2, 0.25) is 0 Å². The number of amides is 1. The molecular weight excluding hydrogens is 316 g/mol. The molecule has 122 valence electrons. The molecule has 0 bridgehead atoms. The van der Waals surface area contributed by atoms with Crippen molar-refractivity contribution >= 4 is 23.2 Å². The lowest BCUT2D eigenvalue weighted by molar-refractivity contribution is -0.139. The van der Waals surface area contributed by atoms with Crippen LogP contribution in [0.1, 0.15) is 30.3 Å². The topological polar surface area (TPSA) is 88.5 Å². The average molecular weight is 334 g/mol. The number of benzene rings is 1. The van der Waals surface area contributed by atoms with Crippen LogP contribution >= 0.6 is 11.3 Å². The third-order valence-corrected chi connectivity index (χ3v) is 4.15. The minimum absolute atomic E-state index is 0.225. The van der Waals surface area contributed by atoms with Crippen molar-refractivity contribution in [1.29, 1.82) is 0 Å². The molecule has 2 rings (SSSR count). The quantitative estimate of drug-likeness (QED) is 0.813. The first kappa shape index (κ1) is 17.0. The van der Waals surface area contributed by atoms with Crippen LogP contribution in [-0.4, -0.2) is 35.1 Å². The monoisotopic (exact) mass is 334 g/mol. The van der Waals surface area contributed by atoms with E-state index in [1.807, 2.05) is 31.2 Å². The minimum Gasteiger partial charge on any atom is -0.497 e. The molecule has 1 unspecified atom stereocenters. The van der Waals surface area contributed by atoms with E-state index in [9.17, 15) is 9.59 Å². The maximum atomic E-state index is 12.1. The zero-order valence-electron chi connectivity index (χ0n) is 12.9. The van der Waals surface area contributed by atoms with E-state index in [1.54, 1.807) is 12.5 Å². The normalized spacial score (nSPS) is 11.7. The molecule has 0 saturated carbocycles. The van der Waals surface area contributed by atoms with Crippen molar-refractivity contribution in [2.45, 2.75) is 25.8 Å². The van der Waals surface area contributed by atoms with Crippen molar-refractivity contribution in [2.24, 2.45) is 0 Å². The van der Waals surface area contributed by atoms with E-state index in [0.717, 1.165) is 11.3 Å². The van der Waals surface area contributed by atoms with Crippen LogP contribution in [0.5, 0.6) is 5.75 Å². The summed E-state index contributed by atoms with van der Waals surface area (Å²) in [6, 6.07) is 6.46. The van der Waals surface area contributed by atoms with Gasteiger partial charge in [0.05, 0.1) is 7.11 Å². The Morgan fingerprint density at radius 2 is 2.04 bits per heavy atom. The van der Waals surface area contributed by atoms with Gasteiger partial charge in [-0.25, -0.2) is 9.78 Å². The number of carbonyl (C=O) groups excluding carboxylic acids is 1. The summed E-state index contributed by atoms with van der Waals surface area (Å²) in [5, 5.41) is 13.9. The highest BCUT2D eigenvalue weighted by Crippen LogP contribution is 2.25. The Hall–Kier alpha value is -2.41. The largest absolute Gasteiger partial charge is 0.497 e. The number of methoxy groups -OCH3 is 1. The third-order valence-electron chi connectivity index (χ3n) is 3.25. The number of carbonyl (C=O) groups is 2. The number of aliphatic carboxylic acids is 1. The van der Waals surface area contributed by atoms with E-state index in [0.29, 0.717) is 17.8 Å². The van der Waals surface area contributed by atoms with E-state index in [1.165, 1.54) is 11.3 Å². The number of nitrogens with zero attached hydrogens (tertiary/aromatic N) is 1. The van der Waals surface area contributed by atoms with Crippen LogP contribution in [0, 0.1) is 0 Å². The third kappa shape index (κ3) is 4.29. The molecule has 0 aliphatic carbocycles. The Kier molecular flexibility index (Phi) is 5.70. The minimum atomic E-state index is -1.04. The molecule has 0 fully saturated rings. The molecular formula is C16H18N2O4S. The fourth-order valence-corrected chi connectivity index (χ4v) is 2.83. The Bertz CT molecular complexity index is 682. The maximum Gasteiger partial charge on any atom is 0.326 e. The van der Waals surface area contributed by atoms with Gasteiger partial charge in [0.15, 0.2) is 0 Å². The number of nitrogens with one attached hydrogen (secondary N) is 1. The summed E-state index contributed by atoms with van der Waals surface area (Å²) >= 11 is 1.33. The predicted octanol–water partition coefficient (Wildman–Crippen LogP) is 2.80. The van der Waals surface area contributed by atoms with Gasteiger partial charge in [0, 0.05) is 10.9 Å². The van der Waals surface area contributed by atoms with Crippen LogP contribution in [-0.2, 0) is 4.79 Å². The number of carboxylic acid groups (broad SMARTS) is 1. The highest BCUT2D eigenvalue weighted by molar-refractivity contribution is 7.13. The van der Waals surface area contributed by atoms with Gasteiger partial charge in [-0.3, -0.25) is 4.79 Å². The van der Waals surface area contributed by atoms with Gasteiger partial charge in [-0.15, -0.1) is 11.3 Å². The molecule has 1 heterocycles. The second-order valence-corrected chi connectivity index (χ2v) is 5.78. The van der Waals surface area contributed by atoms with Gasteiger partial charge < -0.3 is 15.2 Å². The molecule has 6 nitrogen and oxygen atoms in total. The van der Waals surface area contributed by atoms with Crippen LogP contribution in [0.2, 0.25) is 0 Å². The summed E-state index contributed by atoms with van der Waals surface area (Å²) in [7, 11) is 1.59. The summed E-state index contributed by atoms with van der Waals surface area (Å²) in [6.45, 7) is 1.87. The van der Waals surface area contributed by atoms with Crippen molar-refractivity contribution in [1.82, 2.24) is 10.3 Å². The van der Waals surface area contributed by atoms with Crippen LogP contribution in [0.3, 0.4) is 0 Å². The number of thiazole rings is 1. The molecule has 7 heteroatoms. The summed E-state index contributed by atoms with van der Waals surface area (Å²) in [4.78, 5) is 27.5. The standard InChI is InChI=1S/C16H18N2O4S/c1-3-4-12(16(20)21)17-14(19)13-9-23-15(18-13)10-5-7-11(22-2)8-6-10/h5-9,12H,3-4H2,1-2H3,(H,17,19)(H,20,21). The van der Waals surface area contributed by atoms with E-state index in [-0.39, 0.29) is 5.69 Å². The Balaban J connectivity index is 2.11. The number of rotatable bonds is 7. The summed E-state index contributed by atoms with van der Waals surface area (Å²) in [5.41, 5.74) is 1.10. The number of aromatic nitrogens is 1. The fourth-order valence-electron chi connectivity index (χ4n) is 2.02. The first-order valence-electron chi connectivity index (χ1n) is 7.18. The van der Waals surface area contributed by atoms with Crippen molar-refractivity contribution < 1.29 is 19.4 Å². The maximum absolute atomic E-state index is 12.1. The highest BCUT2D eigenvalue weighted by atomic mass is 32.1. The lowest BCUT2D eigenvalue weighted by Gasteiger charge is -2.12. The van der Waals surface area contributed by atoms with Gasteiger partial charge in [0.25, 0.3) is 5.91 Å². The molecule has 1 amide bonds. The van der Waals surface area contributed by atoms with Crippen LogP contribution < -0.4 is 10.1 Å². The SMILES string of the molecule is CCCC(NC(=O)c1csc(-c2ccc(OC)cc2)n1)C(=O)O.